The smallest absolute Gasteiger partial charge is 0.220 e. The van der Waals surface area contributed by atoms with Gasteiger partial charge in [-0.25, -0.2) is 0 Å². The Balaban J connectivity index is 1.56. The van der Waals surface area contributed by atoms with Crippen molar-refractivity contribution in [2.45, 2.75) is 25.2 Å². The molecule has 0 radical (unpaired) electrons. The van der Waals surface area contributed by atoms with Gasteiger partial charge in [0.2, 0.25) is 5.91 Å². The van der Waals surface area contributed by atoms with Gasteiger partial charge in [-0.2, -0.15) is 0 Å². The normalized spacial score (nSPS) is 10.7. The van der Waals surface area contributed by atoms with Crippen molar-refractivity contribution < 1.29 is 4.79 Å². The lowest BCUT2D eigenvalue weighted by atomic mass is 9.88. The number of hydrogen-bond donors (Lipinski definition) is 1. The topological polar surface area (TPSA) is 29.1 Å². The lowest BCUT2D eigenvalue weighted by molar-refractivity contribution is -0.121. The summed E-state index contributed by atoms with van der Waals surface area (Å²) in [6.45, 7) is 0.653. The summed E-state index contributed by atoms with van der Waals surface area (Å²) in [5.74, 6) is 0.142. The van der Waals surface area contributed by atoms with Crippen molar-refractivity contribution in [1.29, 1.82) is 0 Å². The summed E-state index contributed by atoms with van der Waals surface area (Å²) in [7, 11) is 0. The zero-order chi connectivity index (χ0) is 18.9. The zero-order valence-corrected chi connectivity index (χ0v) is 16.0. The first-order valence-electron chi connectivity index (χ1n) is 9.34. The molecule has 1 N–H and O–H groups in total. The van der Waals surface area contributed by atoms with Crippen molar-refractivity contribution in [2.24, 2.45) is 0 Å². The number of nitrogens with one attached hydrogen (secondary N) is 1. The fraction of sp³-hybridized carbons (Fsp3) is 0.208. The molecule has 0 heterocycles. The second kappa shape index (κ2) is 9.94. The SMILES string of the molecule is O=C(CC(c1ccccc1)c1ccccc1)NCCCc1ccccc1Cl. The number of amides is 1. The molecule has 1 amide bonds. The maximum atomic E-state index is 12.5. The van der Waals surface area contributed by atoms with Crippen LogP contribution in [0.4, 0.5) is 0 Å². The minimum Gasteiger partial charge on any atom is -0.356 e. The van der Waals surface area contributed by atoms with Crippen LogP contribution in [0.3, 0.4) is 0 Å². The molecule has 0 unspecified atom stereocenters. The Bertz CT molecular complexity index is 809. The molecular weight excluding hydrogens is 354 g/mol. The second-order valence-corrected chi connectivity index (χ2v) is 7.03. The van der Waals surface area contributed by atoms with Gasteiger partial charge in [-0.15, -0.1) is 0 Å². The van der Waals surface area contributed by atoms with Crippen LogP contribution in [0.1, 0.15) is 35.4 Å². The first kappa shape index (κ1) is 19.2. The molecule has 3 rings (SSSR count). The summed E-state index contributed by atoms with van der Waals surface area (Å²) in [6, 6.07) is 28.3. The van der Waals surface area contributed by atoms with E-state index in [9.17, 15) is 4.79 Å². The van der Waals surface area contributed by atoms with Crippen molar-refractivity contribution in [3.63, 3.8) is 0 Å². The van der Waals surface area contributed by atoms with Crippen molar-refractivity contribution in [1.82, 2.24) is 5.32 Å². The number of carbonyl (C=O) groups excluding carboxylic acids is 1. The second-order valence-electron chi connectivity index (χ2n) is 6.62. The van der Waals surface area contributed by atoms with Crippen LogP contribution in [-0.4, -0.2) is 12.5 Å². The predicted molar refractivity (Wildman–Crippen MR) is 112 cm³/mol. The van der Waals surface area contributed by atoms with E-state index in [2.05, 4.69) is 29.6 Å². The number of carbonyl (C=O) groups is 1. The van der Waals surface area contributed by atoms with E-state index in [1.807, 2.05) is 60.7 Å². The van der Waals surface area contributed by atoms with Crippen LogP contribution in [0.25, 0.3) is 0 Å². The Kier molecular flexibility index (Phi) is 7.06. The third-order valence-corrected chi connectivity index (χ3v) is 5.07. The average Bonchev–Trinajstić information content (AvgIpc) is 2.72. The van der Waals surface area contributed by atoms with Gasteiger partial charge in [0, 0.05) is 23.9 Å². The Hall–Kier alpha value is -2.58. The highest BCUT2D eigenvalue weighted by atomic mass is 35.5. The van der Waals surface area contributed by atoms with Crippen LogP contribution in [0, 0.1) is 0 Å². The van der Waals surface area contributed by atoms with Crippen molar-refractivity contribution in [2.75, 3.05) is 6.54 Å². The highest BCUT2D eigenvalue weighted by Gasteiger charge is 2.17. The van der Waals surface area contributed by atoms with Gasteiger partial charge in [0.25, 0.3) is 0 Å². The Morgan fingerprint density at radius 1 is 0.815 bits per heavy atom. The molecule has 0 aromatic heterocycles. The molecule has 138 valence electrons. The third-order valence-electron chi connectivity index (χ3n) is 4.70. The van der Waals surface area contributed by atoms with Crippen LogP contribution in [0.2, 0.25) is 5.02 Å². The van der Waals surface area contributed by atoms with E-state index < -0.39 is 0 Å². The molecule has 3 aromatic carbocycles. The summed E-state index contributed by atoms with van der Waals surface area (Å²) in [5.41, 5.74) is 3.45. The minimum atomic E-state index is 0.0657. The molecule has 27 heavy (non-hydrogen) atoms. The van der Waals surface area contributed by atoms with Gasteiger partial charge >= 0.3 is 0 Å². The molecule has 0 spiro atoms. The largest absolute Gasteiger partial charge is 0.356 e. The Morgan fingerprint density at radius 3 is 1.96 bits per heavy atom. The number of benzene rings is 3. The third kappa shape index (κ3) is 5.70. The van der Waals surface area contributed by atoms with Gasteiger partial charge in [0.15, 0.2) is 0 Å². The van der Waals surface area contributed by atoms with Crippen LogP contribution in [-0.2, 0) is 11.2 Å². The van der Waals surface area contributed by atoms with E-state index in [1.165, 1.54) is 0 Å². The molecular formula is C24H24ClNO. The molecule has 0 aliphatic rings. The number of rotatable bonds is 8. The fourth-order valence-corrected chi connectivity index (χ4v) is 3.49. The van der Waals surface area contributed by atoms with Crippen molar-refractivity contribution in [3.05, 3.63) is 107 Å². The molecule has 0 saturated carbocycles. The average molecular weight is 378 g/mol. The molecule has 0 saturated heterocycles. The van der Waals surface area contributed by atoms with Gasteiger partial charge in [0.05, 0.1) is 0 Å². The number of halogens is 1. The molecule has 0 bridgehead atoms. The monoisotopic (exact) mass is 377 g/mol. The van der Waals surface area contributed by atoms with E-state index in [1.54, 1.807) is 0 Å². The van der Waals surface area contributed by atoms with E-state index >= 15 is 0 Å². The molecule has 3 heteroatoms. The quantitative estimate of drug-likeness (QED) is 0.508. The van der Waals surface area contributed by atoms with E-state index in [4.69, 9.17) is 11.6 Å². The maximum absolute atomic E-state index is 12.5. The molecule has 0 atom stereocenters. The highest BCUT2D eigenvalue weighted by molar-refractivity contribution is 6.31. The molecule has 0 aliphatic heterocycles. The summed E-state index contributed by atoms with van der Waals surface area (Å²) < 4.78 is 0. The first-order valence-corrected chi connectivity index (χ1v) is 9.72. The lowest BCUT2D eigenvalue weighted by Gasteiger charge is -2.18. The molecule has 0 aliphatic carbocycles. The Morgan fingerprint density at radius 2 is 1.37 bits per heavy atom. The molecule has 0 fully saturated rings. The van der Waals surface area contributed by atoms with Gasteiger partial charge in [0.1, 0.15) is 0 Å². The van der Waals surface area contributed by atoms with Crippen LogP contribution in [0.15, 0.2) is 84.9 Å². The van der Waals surface area contributed by atoms with E-state index in [-0.39, 0.29) is 11.8 Å². The number of hydrogen-bond acceptors (Lipinski definition) is 1. The van der Waals surface area contributed by atoms with Crippen molar-refractivity contribution >= 4 is 17.5 Å². The van der Waals surface area contributed by atoms with E-state index in [0.29, 0.717) is 13.0 Å². The van der Waals surface area contributed by atoms with Gasteiger partial charge in [-0.3, -0.25) is 4.79 Å². The molecule has 2 nitrogen and oxygen atoms in total. The van der Waals surface area contributed by atoms with Crippen LogP contribution >= 0.6 is 11.6 Å². The van der Waals surface area contributed by atoms with Gasteiger partial charge in [-0.05, 0) is 35.6 Å². The van der Waals surface area contributed by atoms with Crippen LogP contribution in [0.5, 0.6) is 0 Å². The first-order chi connectivity index (χ1) is 13.2. The van der Waals surface area contributed by atoms with Crippen molar-refractivity contribution in [3.8, 4) is 0 Å². The lowest BCUT2D eigenvalue weighted by Crippen LogP contribution is -2.26. The van der Waals surface area contributed by atoms with E-state index in [0.717, 1.165) is 34.6 Å². The summed E-state index contributed by atoms with van der Waals surface area (Å²) in [5, 5.41) is 3.85. The summed E-state index contributed by atoms with van der Waals surface area (Å²) in [4.78, 5) is 12.5. The maximum Gasteiger partial charge on any atom is 0.220 e. The predicted octanol–water partition coefficient (Wildman–Crippen LogP) is 5.61. The number of aryl methyl sites for hydroxylation is 1. The van der Waals surface area contributed by atoms with Gasteiger partial charge < -0.3 is 5.32 Å². The molecule has 3 aromatic rings. The Labute approximate surface area is 166 Å². The summed E-state index contributed by atoms with van der Waals surface area (Å²) in [6.07, 6.45) is 2.18. The minimum absolute atomic E-state index is 0.0657. The summed E-state index contributed by atoms with van der Waals surface area (Å²) >= 11 is 6.18. The van der Waals surface area contributed by atoms with Gasteiger partial charge in [-0.1, -0.05) is 90.5 Å². The zero-order valence-electron chi connectivity index (χ0n) is 15.3. The fourth-order valence-electron chi connectivity index (χ4n) is 3.26. The standard InChI is InChI=1S/C24H24ClNO/c25-23-16-8-7-14-21(23)15-9-17-26-24(27)18-22(19-10-3-1-4-11-19)20-12-5-2-6-13-20/h1-8,10-14,16,22H,9,15,17-18H2,(H,26,27). The van der Waals surface area contributed by atoms with Crippen LogP contribution < -0.4 is 5.32 Å². The highest BCUT2D eigenvalue weighted by Crippen LogP contribution is 2.27.